The van der Waals surface area contributed by atoms with Crippen LogP contribution in [-0.4, -0.2) is 19.1 Å². The van der Waals surface area contributed by atoms with E-state index in [0.29, 0.717) is 30.3 Å². The molecule has 128 valence electrons. The standard InChI is InChI=1S/C19H23ClN2O2/c1-4-24-16-7-5-15(6-8-16)21-10-9-18(23)22-19-14(3)11-13(2)12-17(19)20/h5-8,11-12,21H,4,9-10H2,1-3H3,(H,22,23). The van der Waals surface area contributed by atoms with Gasteiger partial charge in [-0.25, -0.2) is 0 Å². The molecule has 0 aliphatic heterocycles. The Kier molecular flexibility index (Phi) is 6.50. The summed E-state index contributed by atoms with van der Waals surface area (Å²) in [5.41, 5.74) is 3.68. The number of rotatable bonds is 7. The van der Waals surface area contributed by atoms with Crippen molar-refractivity contribution in [1.82, 2.24) is 0 Å². The maximum Gasteiger partial charge on any atom is 0.226 e. The van der Waals surface area contributed by atoms with Crippen LogP contribution in [0.5, 0.6) is 5.75 Å². The van der Waals surface area contributed by atoms with Crippen LogP contribution in [-0.2, 0) is 4.79 Å². The molecule has 2 aromatic rings. The van der Waals surface area contributed by atoms with Gasteiger partial charge >= 0.3 is 0 Å². The Hall–Kier alpha value is -2.20. The molecular formula is C19H23ClN2O2. The lowest BCUT2D eigenvalue weighted by atomic mass is 10.1. The number of aryl methyl sites for hydroxylation is 2. The number of hydrogen-bond acceptors (Lipinski definition) is 3. The van der Waals surface area contributed by atoms with Crippen molar-refractivity contribution in [3.8, 4) is 5.75 Å². The minimum atomic E-state index is -0.0673. The van der Waals surface area contributed by atoms with Crippen molar-refractivity contribution in [3.63, 3.8) is 0 Å². The van der Waals surface area contributed by atoms with E-state index in [2.05, 4.69) is 10.6 Å². The van der Waals surface area contributed by atoms with E-state index in [-0.39, 0.29) is 5.91 Å². The molecule has 2 N–H and O–H groups in total. The summed E-state index contributed by atoms with van der Waals surface area (Å²) in [6, 6.07) is 11.5. The number of carbonyl (C=O) groups is 1. The number of anilines is 2. The van der Waals surface area contributed by atoms with Crippen molar-refractivity contribution in [2.24, 2.45) is 0 Å². The van der Waals surface area contributed by atoms with Crippen molar-refractivity contribution in [2.45, 2.75) is 27.2 Å². The van der Waals surface area contributed by atoms with Gasteiger partial charge in [0.15, 0.2) is 0 Å². The number of ether oxygens (including phenoxy) is 1. The highest BCUT2D eigenvalue weighted by Gasteiger charge is 2.09. The van der Waals surface area contributed by atoms with Gasteiger partial charge in [0.25, 0.3) is 0 Å². The van der Waals surface area contributed by atoms with Gasteiger partial charge in [0, 0.05) is 18.7 Å². The summed E-state index contributed by atoms with van der Waals surface area (Å²) in [5, 5.41) is 6.68. The maximum atomic E-state index is 12.1. The van der Waals surface area contributed by atoms with Crippen LogP contribution in [0.15, 0.2) is 36.4 Å². The summed E-state index contributed by atoms with van der Waals surface area (Å²) in [6.07, 6.45) is 0.358. The second-order valence-corrected chi connectivity index (χ2v) is 6.03. The van der Waals surface area contributed by atoms with Crippen molar-refractivity contribution >= 4 is 28.9 Å². The highest BCUT2D eigenvalue weighted by atomic mass is 35.5. The zero-order chi connectivity index (χ0) is 17.5. The second-order valence-electron chi connectivity index (χ2n) is 5.62. The molecule has 0 bridgehead atoms. The number of amides is 1. The molecule has 0 spiro atoms. The highest BCUT2D eigenvalue weighted by Crippen LogP contribution is 2.27. The van der Waals surface area contributed by atoms with E-state index in [1.165, 1.54) is 0 Å². The molecule has 0 fully saturated rings. The minimum Gasteiger partial charge on any atom is -0.494 e. The maximum absolute atomic E-state index is 12.1. The molecule has 0 saturated heterocycles. The summed E-state index contributed by atoms with van der Waals surface area (Å²) in [6.45, 7) is 7.06. The summed E-state index contributed by atoms with van der Waals surface area (Å²) < 4.78 is 5.40. The lowest BCUT2D eigenvalue weighted by Gasteiger charge is -2.12. The molecule has 0 unspecified atom stereocenters. The second kappa shape index (κ2) is 8.60. The quantitative estimate of drug-likeness (QED) is 0.757. The molecule has 1 amide bonds. The highest BCUT2D eigenvalue weighted by molar-refractivity contribution is 6.34. The van der Waals surface area contributed by atoms with E-state index in [0.717, 1.165) is 22.6 Å². The van der Waals surface area contributed by atoms with Crippen molar-refractivity contribution in [2.75, 3.05) is 23.8 Å². The minimum absolute atomic E-state index is 0.0673. The Morgan fingerprint density at radius 2 is 1.88 bits per heavy atom. The van der Waals surface area contributed by atoms with E-state index in [1.54, 1.807) is 0 Å². The van der Waals surface area contributed by atoms with Crippen molar-refractivity contribution < 1.29 is 9.53 Å². The summed E-state index contributed by atoms with van der Waals surface area (Å²) >= 11 is 6.21. The summed E-state index contributed by atoms with van der Waals surface area (Å²) in [7, 11) is 0. The molecule has 0 heterocycles. The van der Waals surface area contributed by atoms with Crippen molar-refractivity contribution in [3.05, 3.63) is 52.5 Å². The molecule has 5 heteroatoms. The van der Waals surface area contributed by atoms with Gasteiger partial charge in [-0.15, -0.1) is 0 Å². The van der Waals surface area contributed by atoms with Crippen LogP contribution < -0.4 is 15.4 Å². The fourth-order valence-electron chi connectivity index (χ4n) is 2.43. The Bertz CT molecular complexity index is 676. The zero-order valence-electron chi connectivity index (χ0n) is 14.3. The Morgan fingerprint density at radius 3 is 2.50 bits per heavy atom. The van der Waals surface area contributed by atoms with Crippen LogP contribution in [0.2, 0.25) is 5.02 Å². The Labute approximate surface area is 148 Å². The molecular weight excluding hydrogens is 324 g/mol. The van der Waals surface area contributed by atoms with Gasteiger partial charge in [0.05, 0.1) is 17.3 Å². The monoisotopic (exact) mass is 346 g/mol. The van der Waals surface area contributed by atoms with E-state index in [4.69, 9.17) is 16.3 Å². The number of benzene rings is 2. The average Bonchev–Trinajstić information content (AvgIpc) is 2.53. The molecule has 0 aromatic heterocycles. The molecule has 2 rings (SSSR count). The van der Waals surface area contributed by atoms with Crippen LogP contribution in [0.25, 0.3) is 0 Å². The molecule has 0 aliphatic rings. The van der Waals surface area contributed by atoms with Gasteiger partial charge in [0.2, 0.25) is 5.91 Å². The first kappa shape index (κ1) is 18.1. The molecule has 0 saturated carbocycles. The van der Waals surface area contributed by atoms with Crippen LogP contribution in [0.4, 0.5) is 11.4 Å². The smallest absolute Gasteiger partial charge is 0.226 e. The third kappa shape index (κ3) is 5.17. The molecule has 2 aromatic carbocycles. The van der Waals surface area contributed by atoms with Gasteiger partial charge in [-0.05, 0) is 62.2 Å². The fourth-order valence-corrected chi connectivity index (χ4v) is 2.80. The van der Waals surface area contributed by atoms with Crippen LogP contribution in [0, 0.1) is 13.8 Å². The predicted molar refractivity (Wildman–Crippen MR) is 100 cm³/mol. The van der Waals surface area contributed by atoms with E-state index >= 15 is 0 Å². The third-order valence-electron chi connectivity index (χ3n) is 3.54. The Balaban J connectivity index is 1.83. The van der Waals surface area contributed by atoms with Gasteiger partial charge in [-0.3, -0.25) is 4.79 Å². The first-order valence-electron chi connectivity index (χ1n) is 8.03. The van der Waals surface area contributed by atoms with Crippen molar-refractivity contribution in [1.29, 1.82) is 0 Å². The van der Waals surface area contributed by atoms with Gasteiger partial charge in [0.1, 0.15) is 5.75 Å². The first-order chi connectivity index (χ1) is 11.5. The number of nitrogens with one attached hydrogen (secondary N) is 2. The normalized spacial score (nSPS) is 10.3. The average molecular weight is 347 g/mol. The lowest BCUT2D eigenvalue weighted by Crippen LogP contribution is -2.17. The lowest BCUT2D eigenvalue weighted by molar-refractivity contribution is -0.115. The molecule has 0 radical (unpaired) electrons. The van der Waals surface area contributed by atoms with Crippen LogP contribution in [0.3, 0.4) is 0 Å². The van der Waals surface area contributed by atoms with Crippen LogP contribution >= 0.6 is 11.6 Å². The van der Waals surface area contributed by atoms with Gasteiger partial charge < -0.3 is 15.4 Å². The van der Waals surface area contributed by atoms with E-state index < -0.39 is 0 Å². The number of carbonyl (C=O) groups excluding carboxylic acids is 1. The zero-order valence-corrected chi connectivity index (χ0v) is 15.0. The molecule has 4 nitrogen and oxygen atoms in total. The van der Waals surface area contributed by atoms with Gasteiger partial charge in [-0.2, -0.15) is 0 Å². The van der Waals surface area contributed by atoms with Gasteiger partial charge in [-0.1, -0.05) is 17.7 Å². The SMILES string of the molecule is CCOc1ccc(NCCC(=O)Nc2c(C)cc(C)cc2Cl)cc1. The van der Waals surface area contributed by atoms with E-state index in [1.807, 2.05) is 57.2 Å². The fraction of sp³-hybridized carbons (Fsp3) is 0.316. The Morgan fingerprint density at radius 1 is 1.17 bits per heavy atom. The number of halogens is 1. The molecule has 0 atom stereocenters. The predicted octanol–water partition coefficient (Wildman–Crippen LogP) is 4.80. The van der Waals surface area contributed by atoms with E-state index in [9.17, 15) is 4.79 Å². The molecule has 0 aliphatic carbocycles. The summed E-state index contributed by atoms with van der Waals surface area (Å²) in [5.74, 6) is 0.771. The van der Waals surface area contributed by atoms with Crippen LogP contribution in [0.1, 0.15) is 24.5 Å². The number of hydrogen-bond donors (Lipinski definition) is 2. The summed E-state index contributed by atoms with van der Waals surface area (Å²) in [4.78, 5) is 12.1. The first-order valence-corrected chi connectivity index (χ1v) is 8.40. The molecule has 24 heavy (non-hydrogen) atoms. The largest absolute Gasteiger partial charge is 0.494 e. The third-order valence-corrected chi connectivity index (χ3v) is 3.84. The topological polar surface area (TPSA) is 50.4 Å².